The van der Waals surface area contributed by atoms with E-state index in [9.17, 15) is 4.79 Å². The highest BCUT2D eigenvalue weighted by Crippen LogP contribution is 2.34. The summed E-state index contributed by atoms with van der Waals surface area (Å²) < 4.78 is 5.71. The maximum atomic E-state index is 12.0. The van der Waals surface area contributed by atoms with E-state index in [-0.39, 0.29) is 12.0 Å². The van der Waals surface area contributed by atoms with Gasteiger partial charge in [-0.25, -0.2) is 0 Å². The summed E-state index contributed by atoms with van der Waals surface area (Å²) in [6.45, 7) is 4.48. The molecular formula is C12H22N2O2. The third-order valence-electron chi connectivity index (χ3n) is 3.44. The summed E-state index contributed by atoms with van der Waals surface area (Å²) in [6.07, 6.45) is 5.06. The number of hydrogen-bond acceptors (Lipinski definition) is 3. The Morgan fingerprint density at radius 3 is 2.94 bits per heavy atom. The molecule has 2 fully saturated rings. The second-order valence-electron chi connectivity index (χ2n) is 5.04. The van der Waals surface area contributed by atoms with Crippen molar-refractivity contribution < 1.29 is 9.53 Å². The lowest BCUT2D eigenvalue weighted by molar-refractivity contribution is -0.137. The Bertz CT molecular complexity index is 264. The molecule has 1 saturated heterocycles. The average molecular weight is 226 g/mol. The lowest BCUT2D eigenvalue weighted by atomic mass is 10.1. The summed E-state index contributed by atoms with van der Waals surface area (Å²) in [4.78, 5) is 13.9. The van der Waals surface area contributed by atoms with E-state index in [4.69, 9.17) is 10.5 Å². The molecule has 1 heterocycles. The number of rotatable bonds is 4. The van der Waals surface area contributed by atoms with Gasteiger partial charge in [0.25, 0.3) is 0 Å². The second-order valence-corrected chi connectivity index (χ2v) is 5.04. The molecule has 0 radical (unpaired) electrons. The van der Waals surface area contributed by atoms with Crippen molar-refractivity contribution in [1.29, 1.82) is 0 Å². The van der Waals surface area contributed by atoms with Gasteiger partial charge in [-0.15, -0.1) is 0 Å². The maximum Gasteiger partial charge on any atom is 0.242 e. The number of nitrogens with two attached hydrogens (primary N) is 1. The van der Waals surface area contributed by atoms with E-state index in [0.29, 0.717) is 0 Å². The van der Waals surface area contributed by atoms with Crippen LogP contribution in [0.5, 0.6) is 0 Å². The van der Waals surface area contributed by atoms with Crippen molar-refractivity contribution in [3.8, 4) is 0 Å². The third-order valence-corrected chi connectivity index (χ3v) is 3.44. The van der Waals surface area contributed by atoms with Gasteiger partial charge in [0.1, 0.15) is 0 Å². The van der Waals surface area contributed by atoms with Crippen LogP contribution in [0.25, 0.3) is 0 Å². The first-order valence-corrected chi connectivity index (χ1v) is 6.35. The number of likely N-dealkylation sites (tertiary alicyclic amines) is 1. The summed E-state index contributed by atoms with van der Waals surface area (Å²) >= 11 is 0. The van der Waals surface area contributed by atoms with Gasteiger partial charge in [-0.2, -0.15) is 0 Å². The monoisotopic (exact) mass is 226 g/mol. The lowest BCUT2D eigenvalue weighted by Gasteiger charge is -2.34. The zero-order chi connectivity index (χ0) is 11.6. The molecule has 1 saturated carbocycles. The SMILES string of the molecule is CCCOC1CCCN(C(=O)C2(N)CC2)C1. The normalized spacial score (nSPS) is 27.9. The molecule has 4 heteroatoms. The van der Waals surface area contributed by atoms with Crippen LogP contribution in [0.4, 0.5) is 0 Å². The fraction of sp³-hybridized carbons (Fsp3) is 0.917. The van der Waals surface area contributed by atoms with Gasteiger partial charge in [-0.1, -0.05) is 6.92 Å². The Balaban J connectivity index is 1.84. The molecule has 4 nitrogen and oxygen atoms in total. The Labute approximate surface area is 97.1 Å². The Kier molecular flexibility index (Phi) is 3.50. The zero-order valence-corrected chi connectivity index (χ0v) is 10.1. The number of piperidine rings is 1. The first-order chi connectivity index (χ1) is 7.65. The molecule has 0 aromatic rings. The van der Waals surface area contributed by atoms with E-state index in [2.05, 4.69) is 6.92 Å². The van der Waals surface area contributed by atoms with Crippen LogP contribution in [0, 0.1) is 0 Å². The predicted molar refractivity (Wildman–Crippen MR) is 62.0 cm³/mol. The number of amides is 1. The average Bonchev–Trinajstić information content (AvgIpc) is 3.05. The van der Waals surface area contributed by atoms with Crippen LogP contribution >= 0.6 is 0 Å². The van der Waals surface area contributed by atoms with Crippen LogP contribution in [0.15, 0.2) is 0 Å². The highest BCUT2D eigenvalue weighted by molar-refractivity contribution is 5.89. The molecule has 0 bridgehead atoms. The summed E-state index contributed by atoms with van der Waals surface area (Å²) in [5.74, 6) is 0.136. The number of hydrogen-bond donors (Lipinski definition) is 1. The molecule has 1 aliphatic carbocycles. The van der Waals surface area contributed by atoms with Crippen LogP contribution in [0.2, 0.25) is 0 Å². The molecule has 1 aliphatic heterocycles. The topological polar surface area (TPSA) is 55.6 Å². The molecule has 1 amide bonds. The van der Waals surface area contributed by atoms with Gasteiger partial charge in [0, 0.05) is 19.7 Å². The summed E-state index contributed by atoms with van der Waals surface area (Å²) in [6, 6.07) is 0. The van der Waals surface area contributed by atoms with Crippen LogP contribution in [-0.4, -0.2) is 42.1 Å². The lowest BCUT2D eigenvalue weighted by Crippen LogP contribution is -2.51. The fourth-order valence-electron chi connectivity index (χ4n) is 2.21. The molecule has 2 aliphatic rings. The van der Waals surface area contributed by atoms with Gasteiger partial charge in [0.05, 0.1) is 11.6 Å². The van der Waals surface area contributed by atoms with Crippen LogP contribution in [0.3, 0.4) is 0 Å². The third kappa shape index (κ3) is 2.55. The molecule has 0 spiro atoms. The highest BCUT2D eigenvalue weighted by atomic mass is 16.5. The van der Waals surface area contributed by atoms with Gasteiger partial charge in [-0.05, 0) is 32.1 Å². The minimum absolute atomic E-state index is 0.136. The Morgan fingerprint density at radius 2 is 2.31 bits per heavy atom. The predicted octanol–water partition coefficient (Wildman–Crippen LogP) is 0.895. The second kappa shape index (κ2) is 4.72. The standard InChI is InChI=1S/C12H22N2O2/c1-2-8-16-10-4-3-7-14(9-10)11(15)12(13)5-6-12/h10H,2-9,13H2,1H3. The van der Waals surface area contributed by atoms with Crippen molar-refractivity contribution in [2.75, 3.05) is 19.7 Å². The van der Waals surface area contributed by atoms with Gasteiger partial charge >= 0.3 is 0 Å². The van der Waals surface area contributed by atoms with E-state index in [1.54, 1.807) is 0 Å². The van der Waals surface area contributed by atoms with E-state index in [1.165, 1.54) is 0 Å². The summed E-state index contributed by atoms with van der Waals surface area (Å²) in [5.41, 5.74) is 5.41. The number of nitrogens with zero attached hydrogens (tertiary/aromatic N) is 1. The summed E-state index contributed by atoms with van der Waals surface area (Å²) in [7, 11) is 0. The minimum atomic E-state index is -0.521. The fourth-order valence-corrected chi connectivity index (χ4v) is 2.21. The van der Waals surface area contributed by atoms with Crippen LogP contribution < -0.4 is 5.73 Å². The van der Waals surface area contributed by atoms with Crippen molar-refractivity contribution in [1.82, 2.24) is 4.90 Å². The van der Waals surface area contributed by atoms with E-state index >= 15 is 0 Å². The molecule has 16 heavy (non-hydrogen) atoms. The Hall–Kier alpha value is -0.610. The van der Waals surface area contributed by atoms with Crippen molar-refractivity contribution in [2.45, 2.75) is 50.7 Å². The number of ether oxygens (including phenoxy) is 1. The molecule has 1 unspecified atom stereocenters. The molecular weight excluding hydrogens is 204 g/mol. The zero-order valence-electron chi connectivity index (χ0n) is 10.1. The minimum Gasteiger partial charge on any atom is -0.376 e. The molecule has 0 aromatic heterocycles. The van der Waals surface area contributed by atoms with Crippen LogP contribution in [-0.2, 0) is 9.53 Å². The first-order valence-electron chi connectivity index (χ1n) is 6.35. The van der Waals surface area contributed by atoms with Crippen molar-refractivity contribution >= 4 is 5.91 Å². The van der Waals surface area contributed by atoms with Crippen molar-refractivity contribution in [2.24, 2.45) is 5.73 Å². The maximum absolute atomic E-state index is 12.0. The van der Waals surface area contributed by atoms with Gasteiger partial charge in [0.2, 0.25) is 5.91 Å². The smallest absolute Gasteiger partial charge is 0.242 e. The first kappa shape index (κ1) is 11.9. The van der Waals surface area contributed by atoms with E-state index in [1.807, 2.05) is 4.90 Å². The van der Waals surface area contributed by atoms with Crippen molar-refractivity contribution in [3.63, 3.8) is 0 Å². The van der Waals surface area contributed by atoms with E-state index in [0.717, 1.165) is 51.8 Å². The van der Waals surface area contributed by atoms with Gasteiger partial charge in [0.15, 0.2) is 0 Å². The number of carbonyl (C=O) groups is 1. The molecule has 92 valence electrons. The Morgan fingerprint density at radius 1 is 1.56 bits per heavy atom. The number of carbonyl (C=O) groups excluding carboxylic acids is 1. The molecule has 2 rings (SSSR count). The van der Waals surface area contributed by atoms with Gasteiger partial charge < -0.3 is 15.4 Å². The largest absolute Gasteiger partial charge is 0.376 e. The molecule has 1 atom stereocenters. The van der Waals surface area contributed by atoms with Crippen molar-refractivity contribution in [3.05, 3.63) is 0 Å². The molecule has 0 aromatic carbocycles. The molecule has 2 N–H and O–H groups in total. The summed E-state index contributed by atoms with van der Waals surface area (Å²) in [5, 5.41) is 0. The van der Waals surface area contributed by atoms with Crippen LogP contribution in [0.1, 0.15) is 39.0 Å². The van der Waals surface area contributed by atoms with Gasteiger partial charge in [-0.3, -0.25) is 4.79 Å². The van der Waals surface area contributed by atoms with E-state index < -0.39 is 5.54 Å². The highest BCUT2D eigenvalue weighted by Gasteiger charge is 2.48. The quantitative estimate of drug-likeness (QED) is 0.774.